The van der Waals surface area contributed by atoms with E-state index in [0.29, 0.717) is 12.2 Å². The highest BCUT2D eigenvalue weighted by atomic mass is 16.5. The second-order valence-electron chi connectivity index (χ2n) is 4.67. The fourth-order valence-corrected chi connectivity index (χ4v) is 1.96. The topological polar surface area (TPSA) is 48.4 Å². The molecule has 0 unspecified atom stereocenters. The van der Waals surface area contributed by atoms with Crippen LogP contribution >= 0.6 is 0 Å². The lowest BCUT2D eigenvalue weighted by Crippen LogP contribution is -2.13. The van der Waals surface area contributed by atoms with Gasteiger partial charge in [0.15, 0.2) is 0 Å². The van der Waals surface area contributed by atoms with Crippen LogP contribution in [-0.2, 0) is 16.1 Å². The second kappa shape index (κ2) is 6.50. The molecule has 1 fully saturated rings. The predicted molar refractivity (Wildman–Crippen MR) is 67.2 cm³/mol. The zero-order valence-corrected chi connectivity index (χ0v) is 10.7. The summed E-state index contributed by atoms with van der Waals surface area (Å²) in [6, 6.07) is 3.51. The Labute approximate surface area is 107 Å². The molecule has 0 spiro atoms. The average molecular weight is 249 g/mol. The molecule has 0 radical (unpaired) electrons. The van der Waals surface area contributed by atoms with Crippen molar-refractivity contribution in [1.29, 1.82) is 0 Å². The van der Waals surface area contributed by atoms with Gasteiger partial charge in [0.1, 0.15) is 0 Å². The van der Waals surface area contributed by atoms with Gasteiger partial charge in [0.25, 0.3) is 0 Å². The molecule has 18 heavy (non-hydrogen) atoms. The van der Waals surface area contributed by atoms with Gasteiger partial charge in [-0.05, 0) is 24.5 Å². The number of rotatable bonds is 6. The molecule has 0 aliphatic heterocycles. The normalized spacial score (nSPS) is 15.2. The van der Waals surface area contributed by atoms with Crippen molar-refractivity contribution in [3.05, 3.63) is 29.6 Å². The molecular formula is C14H19NO3. The maximum atomic E-state index is 11.2. The maximum Gasteiger partial charge on any atom is 0.339 e. The van der Waals surface area contributed by atoms with Crippen molar-refractivity contribution >= 4 is 5.97 Å². The summed E-state index contributed by atoms with van der Waals surface area (Å²) in [4.78, 5) is 15.4. The number of pyridine rings is 1. The van der Waals surface area contributed by atoms with Gasteiger partial charge in [0.2, 0.25) is 0 Å². The summed E-state index contributed by atoms with van der Waals surface area (Å²) in [5.74, 6) is 0.514. The second-order valence-corrected chi connectivity index (χ2v) is 4.67. The first kappa shape index (κ1) is 13.0. The first-order chi connectivity index (χ1) is 8.79. The number of aromatic nitrogens is 1. The molecule has 4 nitrogen and oxygen atoms in total. The van der Waals surface area contributed by atoms with Crippen LogP contribution in [0, 0.1) is 5.92 Å². The van der Waals surface area contributed by atoms with E-state index in [4.69, 9.17) is 4.74 Å². The molecule has 1 aliphatic rings. The van der Waals surface area contributed by atoms with Gasteiger partial charge >= 0.3 is 5.97 Å². The molecule has 1 saturated carbocycles. The van der Waals surface area contributed by atoms with Crippen molar-refractivity contribution < 1.29 is 14.3 Å². The van der Waals surface area contributed by atoms with Gasteiger partial charge in [-0.15, -0.1) is 0 Å². The first-order valence-corrected chi connectivity index (χ1v) is 6.40. The van der Waals surface area contributed by atoms with Crippen LogP contribution in [0.15, 0.2) is 18.3 Å². The number of carbonyl (C=O) groups excluding carboxylic acids is 1. The number of methoxy groups -OCH3 is 1. The van der Waals surface area contributed by atoms with Crippen LogP contribution in [0.5, 0.6) is 0 Å². The molecule has 1 heterocycles. The van der Waals surface area contributed by atoms with Gasteiger partial charge in [-0.3, -0.25) is 4.98 Å². The number of hydrogen-bond donors (Lipinski definition) is 0. The van der Waals surface area contributed by atoms with Crippen molar-refractivity contribution in [3.63, 3.8) is 0 Å². The highest BCUT2D eigenvalue weighted by Gasteiger charge is 2.16. The maximum absolute atomic E-state index is 11.2. The standard InChI is InChI=1S/C14H19NO3/c1-17-14(16)12-5-6-13(15-9-12)10-18-8-7-11-3-2-4-11/h5-6,9,11H,2-4,7-8,10H2,1H3. The Balaban J connectivity index is 1.70. The minimum absolute atomic E-state index is 0.361. The van der Waals surface area contributed by atoms with Gasteiger partial charge < -0.3 is 9.47 Å². The first-order valence-electron chi connectivity index (χ1n) is 6.40. The third-order valence-corrected chi connectivity index (χ3v) is 3.39. The summed E-state index contributed by atoms with van der Waals surface area (Å²) >= 11 is 0. The van der Waals surface area contributed by atoms with Gasteiger partial charge in [-0.1, -0.05) is 19.3 Å². The molecule has 98 valence electrons. The van der Waals surface area contributed by atoms with E-state index in [9.17, 15) is 4.79 Å². The van der Waals surface area contributed by atoms with E-state index in [2.05, 4.69) is 9.72 Å². The SMILES string of the molecule is COC(=O)c1ccc(COCCC2CCC2)nc1. The van der Waals surface area contributed by atoms with Crippen LogP contribution in [0.1, 0.15) is 41.7 Å². The zero-order chi connectivity index (χ0) is 12.8. The highest BCUT2D eigenvalue weighted by Crippen LogP contribution is 2.29. The van der Waals surface area contributed by atoms with E-state index in [0.717, 1.165) is 24.6 Å². The van der Waals surface area contributed by atoms with Crippen molar-refractivity contribution in [2.75, 3.05) is 13.7 Å². The molecule has 1 aromatic rings. The lowest BCUT2D eigenvalue weighted by Gasteiger charge is -2.24. The fourth-order valence-electron chi connectivity index (χ4n) is 1.96. The minimum Gasteiger partial charge on any atom is -0.465 e. The summed E-state index contributed by atoms with van der Waals surface area (Å²) in [6.45, 7) is 1.30. The lowest BCUT2D eigenvalue weighted by molar-refractivity contribution is 0.0599. The molecule has 1 aromatic heterocycles. The van der Waals surface area contributed by atoms with Gasteiger partial charge in [0.05, 0.1) is 25.0 Å². The van der Waals surface area contributed by atoms with Gasteiger partial charge in [-0.25, -0.2) is 4.79 Å². The smallest absolute Gasteiger partial charge is 0.339 e. The molecule has 0 aromatic carbocycles. The summed E-state index contributed by atoms with van der Waals surface area (Å²) in [5, 5.41) is 0. The molecule has 0 atom stereocenters. The van der Waals surface area contributed by atoms with E-state index < -0.39 is 0 Å². The summed E-state index contributed by atoms with van der Waals surface area (Å²) < 4.78 is 10.2. The molecule has 2 rings (SSSR count). The predicted octanol–water partition coefficient (Wildman–Crippen LogP) is 2.58. The van der Waals surface area contributed by atoms with Crippen LogP contribution in [0.25, 0.3) is 0 Å². The Morgan fingerprint density at radius 3 is 2.83 bits per heavy atom. The van der Waals surface area contributed by atoms with Crippen molar-refractivity contribution in [2.24, 2.45) is 5.92 Å². The summed E-state index contributed by atoms with van der Waals surface area (Å²) in [7, 11) is 1.36. The van der Waals surface area contributed by atoms with Crippen LogP contribution in [0.4, 0.5) is 0 Å². The van der Waals surface area contributed by atoms with Gasteiger partial charge in [-0.2, -0.15) is 0 Å². The Morgan fingerprint density at radius 2 is 2.28 bits per heavy atom. The van der Waals surface area contributed by atoms with E-state index in [-0.39, 0.29) is 5.97 Å². The number of nitrogens with zero attached hydrogens (tertiary/aromatic N) is 1. The average Bonchev–Trinajstić information content (AvgIpc) is 2.36. The van der Waals surface area contributed by atoms with Crippen molar-refractivity contribution in [2.45, 2.75) is 32.3 Å². The number of hydrogen-bond acceptors (Lipinski definition) is 4. The molecule has 1 aliphatic carbocycles. The molecule has 4 heteroatoms. The molecule has 0 saturated heterocycles. The third-order valence-electron chi connectivity index (χ3n) is 3.39. The monoisotopic (exact) mass is 249 g/mol. The quantitative estimate of drug-likeness (QED) is 0.574. The van der Waals surface area contributed by atoms with E-state index >= 15 is 0 Å². The van der Waals surface area contributed by atoms with E-state index in [1.54, 1.807) is 12.1 Å². The number of esters is 1. The zero-order valence-electron chi connectivity index (χ0n) is 10.7. The van der Waals surface area contributed by atoms with Crippen LogP contribution in [0.3, 0.4) is 0 Å². The Morgan fingerprint density at radius 1 is 1.44 bits per heavy atom. The molecule has 0 N–H and O–H groups in total. The van der Waals surface area contributed by atoms with Crippen molar-refractivity contribution in [1.82, 2.24) is 4.98 Å². The third kappa shape index (κ3) is 3.53. The largest absolute Gasteiger partial charge is 0.465 e. The summed E-state index contributed by atoms with van der Waals surface area (Å²) in [5.41, 5.74) is 1.31. The van der Waals surface area contributed by atoms with Crippen LogP contribution in [-0.4, -0.2) is 24.7 Å². The number of carbonyl (C=O) groups is 1. The molecular weight excluding hydrogens is 230 g/mol. The van der Waals surface area contributed by atoms with Crippen LogP contribution in [0.2, 0.25) is 0 Å². The van der Waals surface area contributed by atoms with E-state index in [1.165, 1.54) is 32.6 Å². The Kier molecular flexibility index (Phi) is 4.70. The Hall–Kier alpha value is -1.42. The highest BCUT2D eigenvalue weighted by molar-refractivity contribution is 5.88. The van der Waals surface area contributed by atoms with Crippen LogP contribution < -0.4 is 0 Å². The fraction of sp³-hybridized carbons (Fsp3) is 0.571. The molecule has 0 amide bonds. The van der Waals surface area contributed by atoms with Crippen molar-refractivity contribution in [3.8, 4) is 0 Å². The van der Waals surface area contributed by atoms with Gasteiger partial charge in [0, 0.05) is 12.8 Å². The Bertz CT molecular complexity index is 385. The molecule has 0 bridgehead atoms. The summed E-state index contributed by atoms with van der Waals surface area (Å²) in [6.07, 6.45) is 6.77. The minimum atomic E-state index is -0.361. The lowest BCUT2D eigenvalue weighted by atomic mass is 9.83. The van der Waals surface area contributed by atoms with E-state index in [1.807, 2.05) is 0 Å². The number of ether oxygens (including phenoxy) is 2.